The Morgan fingerprint density at radius 3 is 2.66 bits per heavy atom. The Morgan fingerprint density at radius 1 is 1.13 bits per heavy atom. The lowest BCUT2D eigenvalue weighted by molar-refractivity contribution is 0.158. The predicted molar refractivity (Wildman–Crippen MR) is 146 cm³/mol. The number of H-pyrrole nitrogens is 1. The zero-order valence-corrected chi connectivity index (χ0v) is 22.8. The maximum absolute atomic E-state index is 13.3. The van der Waals surface area contributed by atoms with Crippen LogP contribution in [0.2, 0.25) is 0 Å². The maximum atomic E-state index is 13.3. The van der Waals surface area contributed by atoms with Gasteiger partial charge in [-0.3, -0.25) is 9.69 Å². The van der Waals surface area contributed by atoms with Gasteiger partial charge in [-0.25, -0.2) is 4.68 Å². The van der Waals surface area contributed by atoms with E-state index in [4.69, 9.17) is 9.47 Å². The Bertz CT molecular complexity index is 1490. The van der Waals surface area contributed by atoms with E-state index in [0.717, 1.165) is 42.5 Å². The normalized spacial score (nSPS) is 13.9. The molecule has 9 nitrogen and oxygen atoms in total. The van der Waals surface area contributed by atoms with Crippen LogP contribution in [0.5, 0.6) is 11.5 Å². The summed E-state index contributed by atoms with van der Waals surface area (Å²) in [6.07, 6.45) is 2.68. The van der Waals surface area contributed by atoms with Gasteiger partial charge in [0, 0.05) is 30.1 Å². The summed E-state index contributed by atoms with van der Waals surface area (Å²) in [5.41, 5.74) is 3.55. The molecule has 38 heavy (non-hydrogen) atoms. The maximum Gasteiger partial charge on any atom is 0.252 e. The van der Waals surface area contributed by atoms with Gasteiger partial charge in [-0.05, 0) is 68.7 Å². The largest absolute Gasteiger partial charge is 0.454 e. The molecule has 1 atom stereocenters. The molecule has 2 aromatic heterocycles. The molecule has 0 saturated carbocycles. The molecule has 3 heterocycles. The van der Waals surface area contributed by atoms with Crippen molar-refractivity contribution in [2.45, 2.75) is 72.0 Å². The van der Waals surface area contributed by atoms with Gasteiger partial charge in [-0.2, -0.15) is 0 Å². The van der Waals surface area contributed by atoms with Crippen molar-refractivity contribution in [1.29, 1.82) is 0 Å². The molecule has 200 valence electrons. The van der Waals surface area contributed by atoms with Gasteiger partial charge in [0.25, 0.3) is 5.56 Å². The summed E-state index contributed by atoms with van der Waals surface area (Å²) in [4.78, 5) is 18.7. The predicted octanol–water partition coefficient (Wildman–Crippen LogP) is 4.89. The van der Waals surface area contributed by atoms with E-state index in [1.807, 2.05) is 22.9 Å². The van der Waals surface area contributed by atoms with Crippen molar-refractivity contribution in [2.24, 2.45) is 0 Å². The highest BCUT2D eigenvalue weighted by atomic mass is 16.7. The first-order valence-corrected chi connectivity index (χ1v) is 13.3. The fourth-order valence-electron chi connectivity index (χ4n) is 5.09. The third-order valence-corrected chi connectivity index (χ3v) is 6.99. The molecule has 1 unspecified atom stereocenters. The van der Waals surface area contributed by atoms with Crippen LogP contribution in [0, 0.1) is 6.92 Å². The molecule has 4 aromatic rings. The molecule has 0 aliphatic carbocycles. The summed E-state index contributed by atoms with van der Waals surface area (Å²) in [5.74, 6) is 2.17. The second kappa shape index (κ2) is 10.6. The minimum absolute atomic E-state index is 0.0501. The Hall–Kier alpha value is -3.72. The number of hydrogen-bond acceptors (Lipinski definition) is 7. The quantitative estimate of drug-likeness (QED) is 0.338. The van der Waals surface area contributed by atoms with E-state index in [-0.39, 0.29) is 23.9 Å². The molecular formula is C29H36N6O3. The van der Waals surface area contributed by atoms with Crippen LogP contribution in [0.25, 0.3) is 10.9 Å². The fraction of sp³-hybridized carbons (Fsp3) is 0.448. The molecule has 0 saturated heterocycles. The molecule has 0 spiro atoms. The molecule has 0 bridgehead atoms. The molecule has 1 aliphatic rings. The number of ether oxygens (including phenoxy) is 2. The highest BCUT2D eigenvalue weighted by Gasteiger charge is 2.30. The zero-order valence-electron chi connectivity index (χ0n) is 22.8. The lowest BCUT2D eigenvalue weighted by Gasteiger charge is -2.33. The first kappa shape index (κ1) is 25.9. The summed E-state index contributed by atoms with van der Waals surface area (Å²) >= 11 is 0. The minimum Gasteiger partial charge on any atom is -0.454 e. The molecule has 2 aromatic carbocycles. The van der Waals surface area contributed by atoms with Crippen LogP contribution >= 0.6 is 0 Å². The number of rotatable bonds is 9. The van der Waals surface area contributed by atoms with Crippen LogP contribution < -0.4 is 15.0 Å². The molecule has 0 fully saturated rings. The van der Waals surface area contributed by atoms with Crippen LogP contribution in [-0.2, 0) is 18.5 Å². The van der Waals surface area contributed by atoms with Gasteiger partial charge in [-0.15, -0.1) is 5.10 Å². The number of tetrazole rings is 1. The number of aromatic amines is 1. The summed E-state index contributed by atoms with van der Waals surface area (Å²) in [6.45, 7) is 12.0. The summed E-state index contributed by atoms with van der Waals surface area (Å²) in [7, 11) is 0. The monoisotopic (exact) mass is 516 g/mol. The average Bonchev–Trinajstić information content (AvgIpc) is 3.54. The Kier molecular flexibility index (Phi) is 7.21. The van der Waals surface area contributed by atoms with Gasteiger partial charge >= 0.3 is 0 Å². The molecular weight excluding hydrogens is 480 g/mol. The van der Waals surface area contributed by atoms with Gasteiger partial charge in [0.2, 0.25) is 6.79 Å². The molecule has 0 amide bonds. The Morgan fingerprint density at radius 2 is 1.92 bits per heavy atom. The average molecular weight is 517 g/mol. The third-order valence-electron chi connectivity index (χ3n) is 6.99. The first-order valence-electron chi connectivity index (χ1n) is 13.3. The standard InChI is InChI=1S/C29H36N6O3/c1-6-8-24(27-31-32-33-35(27)29(3,4)5)34(12-11-20-10-7-9-19(2)13-20)17-22-14-21-15-25-26(38-18-37-25)16-23(21)30-28(22)36/h7,9-10,13-16,24H,6,8,11-12,17-18H2,1-5H3,(H,30,36). The van der Waals surface area contributed by atoms with Crippen molar-refractivity contribution in [3.05, 3.63) is 75.3 Å². The van der Waals surface area contributed by atoms with Crippen molar-refractivity contribution < 1.29 is 9.47 Å². The van der Waals surface area contributed by atoms with Crippen LogP contribution in [0.4, 0.5) is 0 Å². The van der Waals surface area contributed by atoms with E-state index in [1.54, 1.807) is 0 Å². The lowest BCUT2D eigenvalue weighted by atomic mass is 10.0. The van der Waals surface area contributed by atoms with Gasteiger partial charge < -0.3 is 14.5 Å². The van der Waals surface area contributed by atoms with Crippen LogP contribution in [0.1, 0.15) is 69.1 Å². The molecule has 0 radical (unpaired) electrons. The van der Waals surface area contributed by atoms with E-state index in [2.05, 4.69) is 84.3 Å². The Balaban J connectivity index is 1.53. The number of aryl methyl sites for hydroxylation is 1. The van der Waals surface area contributed by atoms with Crippen molar-refractivity contribution >= 4 is 10.9 Å². The van der Waals surface area contributed by atoms with Crippen molar-refractivity contribution in [1.82, 2.24) is 30.1 Å². The number of pyridine rings is 1. The summed E-state index contributed by atoms with van der Waals surface area (Å²) in [6, 6.07) is 14.3. The number of benzene rings is 2. The number of nitrogens with one attached hydrogen (secondary N) is 1. The smallest absolute Gasteiger partial charge is 0.252 e. The number of aromatic nitrogens is 5. The Labute approximate surface area is 222 Å². The summed E-state index contributed by atoms with van der Waals surface area (Å²) < 4.78 is 13.0. The van der Waals surface area contributed by atoms with E-state index in [1.165, 1.54) is 11.1 Å². The van der Waals surface area contributed by atoms with Crippen LogP contribution in [0.15, 0.2) is 47.3 Å². The van der Waals surface area contributed by atoms with Gasteiger partial charge in [0.05, 0.1) is 17.1 Å². The topological polar surface area (TPSA) is 98.2 Å². The first-order chi connectivity index (χ1) is 18.2. The number of hydrogen-bond donors (Lipinski definition) is 1. The van der Waals surface area contributed by atoms with Crippen molar-refractivity contribution in [3.63, 3.8) is 0 Å². The minimum atomic E-state index is -0.268. The lowest BCUT2D eigenvalue weighted by Crippen LogP contribution is -2.36. The molecule has 1 aliphatic heterocycles. The highest BCUT2D eigenvalue weighted by molar-refractivity contribution is 5.83. The number of nitrogens with zero attached hydrogens (tertiary/aromatic N) is 5. The SMILES string of the molecule is CCCC(c1nnnn1C(C)(C)C)N(CCc1cccc(C)c1)Cc1cc2cc3c(cc2[nH]c1=O)OCO3. The molecule has 5 rings (SSSR count). The summed E-state index contributed by atoms with van der Waals surface area (Å²) in [5, 5.41) is 13.8. The molecule has 1 N–H and O–H groups in total. The van der Waals surface area contributed by atoms with E-state index in [9.17, 15) is 4.79 Å². The van der Waals surface area contributed by atoms with Crippen molar-refractivity contribution in [2.75, 3.05) is 13.3 Å². The van der Waals surface area contributed by atoms with Gasteiger partial charge in [0.15, 0.2) is 17.3 Å². The van der Waals surface area contributed by atoms with Crippen LogP contribution in [0.3, 0.4) is 0 Å². The van der Waals surface area contributed by atoms with Gasteiger partial charge in [0.1, 0.15) is 0 Å². The zero-order chi connectivity index (χ0) is 26.9. The van der Waals surface area contributed by atoms with Gasteiger partial charge in [-0.1, -0.05) is 43.2 Å². The van der Waals surface area contributed by atoms with E-state index < -0.39 is 0 Å². The van der Waals surface area contributed by atoms with Crippen molar-refractivity contribution in [3.8, 4) is 11.5 Å². The highest BCUT2D eigenvalue weighted by Crippen LogP contribution is 2.35. The van der Waals surface area contributed by atoms with E-state index in [0.29, 0.717) is 23.6 Å². The second-order valence-electron chi connectivity index (χ2n) is 11.1. The molecule has 9 heteroatoms. The third kappa shape index (κ3) is 5.43. The van der Waals surface area contributed by atoms with E-state index >= 15 is 0 Å². The fourth-order valence-corrected chi connectivity index (χ4v) is 5.09. The second-order valence-corrected chi connectivity index (χ2v) is 11.1. The number of fused-ring (bicyclic) bond motifs is 2. The van der Waals surface area contributed by atoms with Crippen LogP contribution in [-0.4, -0.2) is 43.4 Å².